The number of likely N-dealkylation sites (tertiary alicyclic amines) is 1. The molecular weight excluding hydrogens is 388 g/mol. The number of amides is 2. The summed E-state index contributed by atoms with van der Waals surface area (Å²) in [4.78, 5) is 27.6. The van der Waals surface area contributed by atoms with Crippen molar-refractivity contribution in [2.75, 3.05) is 6.61 Å². The standard InChI is InChI=1S/C26H36N2O3/c1-17-4-3-5-18(2)28(17)24(29)16-31-23-8-6-22(7-9-23)25(30)27-26-13-19-10-20(14-26)12-21(11-19)15-26/h6-9,17-21H,3-5,10-16H2,1-2H3,(H,27,30). The molecule has 1 heterocycles. The minimum Gasteiger partial charge on any atom is -0.484 e. The molecule has 1 aliphatic heterocycles. The maximum atomic E-state index is 13.0. The van der Waals surface area contributed by atoms with Crippen LogP contribution in [0.3, 0.4) is 0 Å². The van der Waals surface area contributed by atoms with Crippen LogP contribution in [0, 0.1) is 17.8 Å². The van der Waals surface area contributed by atoms with E-state index < -0.39 is 0 Å². The molecule has 0 spiro atoms. The van der Waals surface area contributed by atoms with Crippen molar-refractivity contribution in [1.29, 1.82) is 0 Å². The van der Waals surface area contributed by atoms with Crippen molar-refractivity contribution in [2.45, 2.75) is 89.3 Å². The van der Waals surface area contributed by atoms with Crippen LogP contribution in [-0.2, 0) is 4.79 Å². The monoisotopic (exact) mass is 424 g/mol. The minimum absolute atomic E-state index is 0.0231. The van der Waals surface area contributed by atoms with Crippen LogP contribution in [0.5, 0.6) is 5.75 Å². The van der Waals surface area contributed by atoms with Gasteiger partial charge in [0.2, 0.25) is 0 Å². The van der Waals surface area contributed by atoms with Crippen LogP contribution in [0.2, 0.25) is 0 Å². The second-order valence-corrected chi connectivity index (χ2v) is 10.9. The summed E-state index contributed by atoms with van der Waals surface area (Å²) < 4.78 is 5.76. The number of rotatable bonds is 5. The molecule has 4 aliphatic carbocycles. The first-order valence-electron chi connectivity index (χ1n) is 12.3. The lowest BCUT2D eigenvalue weighted by molar-refractivity contribution is -0.139. The van der Waals surface area contributed by atoms with Crippen molar-refractivity contribution >= 4 is 11.8 Å². The lowest BCUT2D eigenvalue weighted by Crippen LogP contribution is -2.59. The third-order valence-electron chi connectivity index (χ3n) is 8.38. The van der Waals surface area contributed by atoms with Gasteiger partial charge in [0, 0.05) is 23.2 Å². The highest BCUT2D eigenvalue weighted by Crippen LogP contribution is 2.55. The number of carbonyl (C=O) groups is 2. The van der Waals surface area contributed by atoms with Crippen LogP contribution < -0.4 is 10.1 Å². The number of hydrogen-bond acceptors (Lipinski definition) is 3. The summed E-state index contributed by atoms with van der Waals surface area (Å²) in [6.45, 7) is 4.28. The Kier molecular flexibility index (Phi) is 5.47. The van der Waals surface area contributed by atoms with Gasteiger partial charge in [-0.3, -0.25) is 9.59 Å². The second-order valence-electron chi connectivity index (χ2n) is 10.9. The van der Waals surface area contributed by atoms with Crippen molar-refractivity contribution in [3.05, 3.63) is 29.8 Å². The molecule has 0 radical (unpaired) electrons. The Balaban J connectivity index is 1.17. The summed E-state index contributed by atoms with van der Waals surface area (Å²) in [5, 5.41) is 3.42. The highest BCUT2D eigenvalue weighted by atomic mass is 16.5. The van der Waals surface area contributed by atoms with E-state index in [0.29, 0.717) is 11.3 Å². The maximum Gasteiger partial charge on any atom is 0.260 e. The van der Waals surface area contributed by atoms with E-state index >= 15 is 0 Å². The number of ether oxygens (including phenoxy) is 1. The molecule has 1 aromatic rings. The largest absolute Gasteiger partial charge is 0.484 e. The summed E-state index contributed by atoms with van der Waals surface area (Å²) >= 11 is 0. The number of benzene rings is 1. The van der Waals surface area contributed by atoms with Crippen LogP contribution >= 0.6 is 0 Å². The third-order valence-corrected chi connectivity index (χ3v) is 8.38. The molecule has 5 nitrogen and oxygen atoms in total. The quantitative estimate of drug-likeness (QED) is 0.754. The zero-order chi connectivity index (χ0) is 21.6. The van der Waals surface area contributed by atoms with E-state index in [1.165, 1.54) is 25.7 Å². The van der Waals surface area contributed by atoms with Crippen LogP contribution in [0.15, 0.2) is 24.3 Å². The fourth-order valence-electron chi connectivity index (χ4n) is 7.41. The SMILES string of the molecule is CC1CCCC(C)N1C(=O)COc1ccc(C(=O)NC23CC4CC(CC(C4)C2)C3)cc1. The molecule has 2 amide bonds. The molecule has 1 aromatic carbocycles. The van der Waals surface area contributed by atoms with Gasteiger partial charge in [-0.25, -0.2) is 0 Å². The Morgan fingerprint density at radius 1 is 0.968 bits per heavy atom. The first kappa shape index (κ1) is 20.8. The Hall–Kier alpha value is -2.04. The third kappa shape index (κ3) is 4.20. The van der Waals surface area contributed by atoms with Crippen molar-refractivity contribution in [1.82, 2.24) is 10.2 Å². The lowest BCUT2D eigenvalue weighted by Gasteiger charge is -2.56. The van der Waals surface area contributed by atoms with Crippen LogP contribution in [0.4, 0.5) is 0 Å². The molecule has 5 heteroatoms. The van der Waals surface area contributed by atoms with Gasteiger partial charge in [0.05, 0.1) is 0 Å². The zero-order valence-electron chi connectivity index (χ0n) is 18.9. The number of piperidine rings is 1. The molecule has 5 fully saturated rings. The Labute approximate surface area is 185 Å². The zero-order valence-corrected chi connectivity index (χ0v) is 18.9. The maximum absolute atomic E-state index is 13.0. The van der Waals surface area contributed by atoms with Gasteiger partial charge in [0.15, 0.2) is 6.61 Å². The van der Waals surface area contributed by atoms with Gasteiger partial charge in [-0.05, 0) is 114 Å². The minimum atomic E-state index is 0.0231. The Bertz CT molecular complexity index is 788. The van der Waals surface area contributed by atoms with Gasteiger partial charge in [-0.15, -0.1) is 0 Å². The van der Waals surface area contributed by atoms with Gasteiger partial charge in [-0.2, -0.15) is 0 Å². The van der Waals surface area contributed by atoms with Crippen molar-refractivity contribution < 1.29 is 14.3 Å². The fraction of sp³-hybridized carbons (Fsp3) is 0.692. The van der Waals surface area contributed by atoms with Gasteiger partial charge in [-0.1, -0.05) is 0 Å². The van der Waals surface area contributed by atoms with Crippen molar-refractivity contribution in [3.63, 3.8) is 0 Å². The van der Waals surface area contributed by atoms with Crippen LogP contribution in [-0.4, -0.2) is 40.9 Å². The Morgan fingerprint density at radius 3 is 2.06 bits per heavy atom. The summed E-state index contributed by atoms with van der Waals surface area (Å²) in [6, 6.07) is 7.81. The smallest absolute Gasteiger partial charge is 0.260 e. The van der Waals surface area contributed by atoms with E-state index in [1.54, 1.807) is 0 Å². The number of carbonyl (C=O) groups excluding carboxylic acids is 2. The van der Waals surface area contributed by atoms with Gasteiger partial charge < -0.3 is 15.0 Å². The molecule has 5 aliphatic rings. The van der Waals surface area contributed by atoms with Gasteiger partial charge in [0.1, 0.15) is 5.75 Å². The second kappa shape index (κ2) is 8.14. The topological polar surface area (TPSA) is 58.6 Å². The normalized spacial score (nSPS) is 36.3. The van der Waals surface area contributed by atoms with E-state index in [0.717, 1.165) is 49.9 Å². The summed E-state index contributed by atoms with van der Waals surface area (Å²) in [5.41, 5.74) is 0.697. The van der Waals surface area contributed by atoms with Crippen molar-refractivity contribution in [3.8, 4) is 5.75 Å². The number of hydrogen-bond donors (Lipinski definition) is 1. The predicted molar refractivity (Wildman–Crippen MR) is 120 cm³/mol. The summed E-state index contributed by atoms with van der Waals surface area (Å²) in [7, 11) is 0. The molecule has 4 bridgehead atoms. The van der Waals surface area contributed by atoms with Crippen LogP contribution in [0.25, 0.3) is 0 Å². The first-order valence-corrected chi connectivity index (χ1v) is 12.3. The number of nitrogens with one attached hydrogen (secondary N) is 1. The molecule has 1 saturated heterocycles. The molecule has 4 saturated carbocycles. The van der Waals surface area contributed by atoms with E-state index in [-0.39, 0.29) is 36.0 Å². The van der Waals surface area contributed by atoms with E-state index in [9.17, 15) is 9.59 Å². The van der Waals surface area contributed by atoms with Gasteiger partial charge in [0.25, 0.3) is 11.8 Å². The van der Waals surface area contributed by atoms with E-state index in [2.05, 4.69) is 19.2 Å². The molecule has 0 aromatic heterocycles. The molecule has 168 valence electrons. The molecule has 1 N–H and O–H groups in total. The number of nitrogens with zero attached hydrogens (tertiary/aromatic N) is 1. The van der Waals surface area contributed by atoms with Crippen molar-refractivity contribution in [2.24, 2.45) is 17.8 Å². The summed E-state index contributed by atoms with van der Waals surface area (Å²) in [5.74, 6) is 3.14. The van der Waals surface area contributed by atoms with E-state index in [1.807, 2.05) is 29.2 Å². The fourth-order valence-corrected chi connectivity index (χ4v) is 7.41. The average molecular weight is 425 g/mol. The first-order chi connectivity index (χ1) is 14.9. The molecule has 6 rings (SSSR count). The molecule has 2 unspecified atom stereocenters. The molecule has 2 atom stereocenters. The highest BCUT2D eigenvalue weighted by Gasteiger charge is 2.51. The highest BCUT2D eigenvalue weighted by molar-refractivity contribution is 5.94. The summed E-state index contributed by atoms with van der Waals surface area (Å²) in [6.07, 6.45) is 10.9. The average Bonchev–Trinajstić information content (AvgIpc) is 2.71. The predicted octanol–water partition coefficient (Wildman–Crippen LogP) is 4.55. The van der Waals surface area contributed by atoms with Crippen LogP contribution in [0.1, 0.15) is 82.0 Å². The molecular formula is C26H36N2O3. The molecule has 31 heavy (non-hydrogen) atoms. The van der Waals surface area contributed by atoms with E-state index in [4.69, 9.17) is 4.74 Å². The Morgan fingerprint density at radius 2 is 1.52 bits per heavy atom. The lowest BCUT2D eigenvalue weighted by atomic mass is 9.53. The van der Waals surface area contributed by atoms with Gasteiger partial charge >= 0.3 is 0 Å².